The summed E-state index contributed by atoms with van der Waals surface area (Å²) in [4.78, 5) is 4.20. The van der Waals surface area contributed by atoms with Crippen molar-refractivity contribution in [1.82, 2.24) is 4.98 Å². The van der Waals surface area contributed by atoms with Crippen LogP contribution in [0.3, 0.4) is 0 Å². The summed E-state index contributed by atoms with van der Waals surface area (Å²) in [7, 11) is 0. The van der Waals surface area contributed by atoms with Crippen LogP contribution in [0, 0.1) is 0 Å². The normalized spacial score (nSPS) is 12.4. The lowest BCUT2D eigenvalue weighted by Crippen LogP contribution is -2.15. The minimum atomic E-state index is -0.256. The Balaban J connectivity index is 2.22. The van der Waals surface area contributed by atoms with Crippen molar-refractivity contribution in [2.75, 3.05) is 0 Å². The van der Waals surface area contributed by atoms with Gasteiger partial charge in [0.1, 0.15) is 0 Å². The lowest BCUT2D eigenvalue weighted by molar-refractivity contribution is 0.695. The van der Waals surface area contributed by atoms with Gasteiger partial charge in [0.25, 0.3) is 0 Å². The number of hydrogen-bond acceptors (Lipinski definition) is 2. The molecule has 0 radical (unpaired) electrons. The highest BCUT2D eigenvalue weighted by atomic mass is 79.9. The van der Waals surface area contributed by atoms with Crippen LogP contribution in [0.15, 0.2) is 41.0 Å². The van der Waals surface area contributed by atoms with Gasteiger partial charge in [0, 0.05) is 10.7 Å². The molecule has 1 aromatic heterocycles. The average Bonchev–Trinajstić information content (AvgIpc) is 2.32. The molecule has 0 aliphatic heterocycles. The van der Waals surface area contributed by atoms with Gasteiger partial charge in [0.15, 0.2) is 0 Å². The van der Waals surface area contributed by atoms with E-state index in [-0.39, 0.29) is 6.04 Å². The summed E-state index contributed by atoms with van der Waals surface area (Å²) in [6.07, 6.45) is 2.22. The predicted molar refractivity (Wildman–Crippen MR) is 79.0 cm³/mol. The van der Waals surface area contributed by atoms with Gasteiger partial charge in [0.05, 0.1) is 21.8 Å². The summed E-state index contributed by atoms with van der Waals surface area (Å²) in [5, 5.41) is 1.01. The number of rotatable bonds is 3. The number of nitrogens with zero attached hydrogens (tertiary/aromatic N) is 1. The van der Waals surface area contributed by atoms with Gasteiger partial charge in [0.2, 0.25) is 0 Å². The molecule has 0 aliphatic carbocycles. The standard InChI is InChI=1S/C13H11BrCl2N2/c14-10-4-2-1-3-8(10)5-12(17)13-11(16)6-9(15)7-18-13/h1-4,6-7,12H,5,17H2. The summed E-state index contributed by atoms with van der Waals surface area (Å²) in [6, 6.07) is 9.35. The fourth-order valence-corrected chi connectivity index (χ4v) is 2.66. The molecular formula is C13H11BrCl2N2. The zero-order chi connectivity index (χ0) is 13.1. The first-order valence-electron chi connectivity index (χ1n) is 5.38. The second-order valence-corrected chi connectivity index (χ2v) is 5.62. The Morgan fingerprint density at radius 1 is 1.28 bits per heavy atom. The lowest BCUT2D eigenvalue weighted by atomic mass is 10.0. The Bertz CT molecular complexity index is 560. The Labute approximate surface area is 124 Å². The number of hydrogen-bond donors (Lipinski definition) is 1. The first-order chi connectivity index (χ1) is 8.58. The first-order valence-corrected chi connectivity index (χ1v) is 6.92. The van der Waals surface area contributed by atoms with Crippen LogP contribution in [0.5, 0.6) is 0 Å². The van der Waals surface area contributed by atoms with Gasteiger partial charge in [-0.1, -0.05) is 57.3 Å². The second kappa shape index (κ2) is 6.02. The molecule has 0 fully saturated rings. The number of pyridine rings is 1. The smallest absolute Gasteiger partial charge is 0.0761 e. The molecule has 1 unspecified atom stereocenters. The molecule has 0 bridgehead atoms. The van der Waals surface area contributed by atoms with Crippen LogP contribution in [0.25, 0.3) is 0 Å². The third-order valence-corrected chi connectivity index (χ3v) is 3.87. The van der Waals surface area contributed by atoms with Crippen molar-refractivity contribution in [1.29, 1.82) is 0 Å². The second-order valence-electron chi connectivity index (χ2n) is 3.92. The van der Waals surface area contributed by atoms with E-state index in [1.165, 1.54) is 0 Å². The van der Waals surface area contributed by atoms with Crippen molar-refractivity contribution in [2.24, 2.45) is 5.73 Å². The van der Waals surface area contributed by atoms with E-state index in [0.29, 0.717) is 22.2 Å². The molecule has 1 aromatic carbocycles. The SMILES string of the molecule is NC(Cc1ccccc1Br)c1ncc(Cl)cc1Cl. The maximum absolute atomic E-state index is 6.14. The molecule has 94 valence electrons. The summed E-state index contributed by atoms with van der Waals surface area (Å²) >= 11 is 15.4. The van der Waals surface area contributed by atoms with E-state index in [9.17, 15) is 0 Å². The molecule has 2 aromatic rings. The molecule has 1 atom stereocenters. The van der Waals surface area contributed by atoms with Crippen molar-refractivity contribution in [3.8, 4) is 0 Å². The van der Waals surface area contributed by atoms with E-state index in [0.717, 1.165) is 10.0 Å². The largest absolute Gasteiger partial charge is 0.322 e. The van der Waals surface area contributed by atoms with Crippen molar-refractivity contribution >= 4 is 39.1 Å². The van der Waals surface area contributed by atoms with Crippen molar-refractivity contribution in [2.45, 2.75) is 12.5 Å². The molecule has 5 heteroatoms. The van der Waals surface area contributed by atoms with E-state index < -0.39 is 0 Å². The van der Waals surface area contributed by atoms with Crippen LogP contribution < -0.4 is 5.73 Å². The Hall–Kier alpha value is -0.610. The fraction of sp³-hybridized carbons (Fsp3) is 0.154. The third kappa shape index (κ3) is 3.23. The van der Waals surface area contributed by atoms with Gasteiger partial charge >= 0.3 is 0 Å². The molecule has 1 heterocycles. The predicted octanol–water partition coefficient (Wildman–Crippen LogP) is 4.39. The molecule has 0 saturated heterocycles. The number of benzene rings is 1. The zero-order valence-corrected chi connectivity index (χ0v) is 12.5. The third-order valence-electron chi connectivity index (χ3n) is 2.59. The molecule has 2 nitrogen and oxygen atoms in total. The number of aromatic nitrogens is 1. The first kappa shape index (κ1) is 13.8. The van der Waals surface area contributed by atoms with Crippen molar-refractivity contribution in [3.63, 3.8) is 0 Å². The maximum atomic E-state index is 6.14. The van der Waals surface area contributed by atoms with Crippen LogP contribution in [-0.2, 0) is 6.42 Å². The molecule has 18 heavy (non-hydrogen) atoms. The van der Waals surface area contributed by atoms with Crippen LogP contribution >= 0.6 is 39.1 Å². The molecular weight excluding hydrogens is 335 g/mol. The maximum Gasteiger partial charge on any atom is 0.0761 e. The Morgan fingerprint density at radius 2 is 2.00 bits per heavy atom. The summed E-state index contributed by atoms with van der Waals surface area (Å²) in [5.41, 5.74) is 7.92. The number of halogens is 3. The van der Waals surface area contributed by atoms with Gasteiger partial charge in [-0.3, -0.25) is 4.98 Å². The molecule has 2 rings (SSSR count). The summed E-state index contributed by atoms with van der Waals surface area (Å²) in [6.45, 7) is 0. The van der Waals surface area contributed by atoms with Crippen molar-refractivity contribution < 1.29 is 0 Å². The lowest BCUT2D eigenvalue weighted by Gasteiger charge is -2.13. The highest BCUT2D eigenvalue weighted by Gasteiger charge is 2.14. The van der Waals surface area contributed by atoms with E-state index in [1.54, 1.807) is 12.3 Å². The quantitative estimate of drug-likeness (QED) is 0.895. The number of nitrogens with two attached hydrogens (primary N) is 1. The fourth-order valence-electron chi connectivity index (χ4n) is 1.70. The summed E-state index contributed by atoms with van der Waals surface area (Å²) < 4.78 is 1.03. The van der Waals surface area contributed by atoms with Crippen LogP contribution in [0.2, 0.25) is 10.0 Å². The highest BCUT2D eigenvalue weighted by molar-refractivity contribution is 9.10. The minimum Gasteiger partial charge on any atom is -0.322 e. The van der Waals surface area contributed by atoms with Gasteiger partial charge in [-0.25, -0.2) is 0 Å². The average molecular weight is 346 g/mol. The van der Waals surface area contributed by atoms with Crippen LogP contribution in [0.1, 0.15) is 17.3 Å². The van der Waals surface area contributed by atoms with E-state index in [2.05, 4.69) is 20.9 Å². The van der Waals surface area contributed by atoms with E-state index in [4.69, 9.17) is 28.9 Å². The van der Waals surface area contributed by atoms with E-state index in [1.807, 2.05) is 24.3 Å². The Morgan fingerprint density at radius 3 is 2.67 bits per heavy atom. The van der Waals surface area contributed by atoms with Gasteiger partial charge in [-0.2, -0.15) is 0 Å². The molecule has 0 amide bonds. The van der Waals surface area contributed by atoms with Crippen LogP contribution in [-0.4, -0.2) is 4.98 Å². The molecule has 0 aliphatic rings. The zero-order valence-electron chi connectivity index (χ0n) is 9.41. The molecule has 0 spiro atoms. The van der Waals surface area contributed by atoms with Gasteiger partial charge in [-0.05, 0) is 24.1 Å². The highest BCUT2D eigenvalue weighted by Crippen LogP contribution is 2.26. The van der Waals surface area contributed by atoms with Gasteiger partial charge in [-0.15, -0.1) is 0 Å². The molecule has 2 N–H and O–H groups in total. The summed E-state index contributed by atoms with van der Waals surface area (Å²) in [5.74, 6) is 0. The molecule has 0 saturated carbocycles. The Kier molecular flexibility index (Phi) is 4.62. The minimum absolute atomic E-state index is 0.256. The van der Waals surface area contributed by atoms with Gasteiger partial charge < -0.3 is 5.73 Å². The monoisotopic (exact) mass is 344 g/mol. The topological polar surface area (TPSA) is 38.9 Å². The van der Waals surface area contributed by atoms with Crippen molar-refractivity contribution in [3.05, 3.63) is 62.3 Å². The van der Waals surface area contributed by atoms with Crippen LogP contribution in [0.4, 0.5) is 0 Å². The van der Waals surface area contributed by atoms with E-state index >= 15 is 0 Å².